The molecule has 0 aliphatic heterocycles. The first-order valence-corrected chi connectivity index (χ1v) is 5.93. The second kappa shape index (κ2) is 3.33. The summed E-state index contributed by atoms with van der Waals surface area (Å²) in [6.07, 6.45) is 2.31. The fraction of sp³-hybridized carbons (Fsp3) is 0.769. The molecule has 2 rings (SSSR count). The first kappa shape index (κ1) is 11.6. The lowest BCUT2D eigenvalue weighted by molar-refractivity contribution is 0.128. The molecule has 0 saturated heterocycles. The smallest absolute Gasteiger partial charge is 0.0650 e. The minimum atomic E-state index is -0.278. The molecule has 0 bridgehead atoms. The molecule has 1 aromatic rings. The van der Waals surface area contributed by atoms with Crippen molar-refractivity contribution in [3.63, 3.8) is 0 Å². The lowest BCUT2D eigenvalue weighted by atomic mass is 10.0. The van der Waals surface area contributed by atoms with Crippen molar-refractivity contribution in [2.75, 3.05) is 0 Å². The third-order valence-electron chi connectivity index (χ3n) is 4.70. The van der Waals surface area contributed by atoms with Crippen LogP contribution in [0.5, 0.6) is 0 Å². The van der Waals surface area contributed by atoms with Gasteiger partial charge >= 0.3 is 0 Å². The summed E-state index contributed by atoms with van der Waals surface area (Å²) >= 11 is 0. The van der Waals surface area contributed by atoms with E-state index in [9.17, 15) is 5.11 Å². The molecule has 1 N–H and O–H groups in total. The fourth-order valence-electron chi connectivity index (χ4n) is 3.11. The minimum Gasteiger partial charge on any atom is -0.392 e. The maximum Gasteiger partial charge on any atom is 0.0650 e. The highest BCUT2D eigenvalue weighted by Gasteiger charge is 2.66. The van der Waals surface area contributed by atoms with Gasteiger partial charge in [0.15, 0.2) is 0 Å². The largest absolute Gasteiger partial charge is 0.392 e. The molecule has 1 aromatic heterocycles. The second-order valence-electron chi connectivity index (χ2n) is 6.17. The normalized spacial score (nSPS) is 24.4. The van der Waals surface area contributed by atoms with E-state index in [1.54, 1.807) is 4.68 Å². The molecule has 0 spiro atoms. The number of nitrogens with zero attached hydrogens (tertiary/aromatic N) is 2. The van der Waals surface area contributed by atoms with Gasteiger partial charge in [0, 0.05) is 19.7 Å². The molecule has 0 aromatic carbocycles. The summed E-state index contributed by atoms with van der Waals surface area (Å²) in [4.78, 5) is 0. The van der Waals surface area contributed by atoms with Crippen molar-refractivity contribution in [1.82, 2.24) is 9.78 Å². The summed E-state index contributed by atoms with van der Waals surface area (Å²) in [5.41, 5.74) is 1.45. The first-order chi connectivity index (χ1) is 7.26. The molecule has 1 fully saturated rings. The van der Waals surface area contributed by atoms with Crippen LogP contribution in [-0.2, 0) is 13.5 Å². The zero-order valence-electron chi connectivity index (χ0n) is 10.9. The predicted molar refractivity (Wildman–Crippen MR) is 64.0 cm³/mol. The Morgan fingerprint density at radius 2 is 1.94 bits per heavy atom. The molecule has 0 amide bonds. The Balaban J connectivity index is 2.03. The molecule has 1 aliphatic rings. The lowest BCUT2D eigenvalue weighted by Gasteiger charge is -2.10. The molecule has 1 heterocycles. The van der Waals surface area contributed by atoms with Gasteiger partial charge in [0.2, 0.25) is 0 Å². The predicted octanol–water partition coefficient (Wildman–Crippen LogP) is 2.01. The molecule has 1 atom stereocenters. The highest BCUT2D eigenvalue weighted by atomic mass is 16.3. The average molecular weight is 222 g/mol. The van der Waals surface area contributed by atoms with E-state index < -0.39 is 0 Å². The molecular weight excluding hydrogens is 200 g/mol. The lowest BCUT2D eigenvalue weighted by Crippen LogP contribution is -2.17. The van der Waals surface area contributed by atoms with E-state index in [-0.39, 0.29) is 16.9 Å². The van der Waals surface area contributed by atoms with Crippen LogP contribution in [-0.4, -0.2) is 21.0 Å². The Morgan fingerprint density at radius 1 is 1.38 bits per heavy atom. The van der Waals surface area contributed by atoms with Gasteiger partial charge in [-0.15, -0.1) is 0 Å². The second-order valence-corrected chi connectivity index (χ2v) is 6.17. The van der Waals surface area contributed by atoms with Gasteiger partial charge in [-0.2, -0.15) is 5.10 Å². The van der Waals surface area contributed by atoms with Gasteiger partial charge < -0.3 is 5.11 Å². The Labute approximate surface area is 97.5 Å². The summed E-state index contributed by atoms with van der Waals surface area (Å²) in [7, 11) is 1.90. The van der Waals surface area contributed by atoms with Crippen molar-refractivity contribution in [1.29, 1.82) is 0 Å². The standard InChI is InChI=1S/C13H22N2O/c1-12(2)11(13(12,3)4)10(16)8-9-6-7-15(5)14-9/h6-7,10-11,16H,8H2,1-5H3. The molecular formula is C13H22N2O. The van der Waals surface area contributed by atoms with Crippen molar-refractivity contribution in [3.8, 4) is 0 Å². The van der Waals surface area contributed by atoms with Crippen LogP contribution in [0.4, 0.5) is 0 Å². The number of aliphatic hydroxyl groups is 1. The third kappa shape index (κ3) is 1.58. The summed E-state index contributed by atoms with van der Waals surface area (Å²) in [6, 6.07) is 1.98. The van der Waals surface area contributed by atoms with Crippen LogP contribution in [0.15, 0.2) is 12.3 Å². The molecule has 16 heavy (non-hydrogen) atoms. The van der Waals surface area contributed by atoms with E-state index in [0.717, 1.165) is 5.69 Å². The number of aliphatic hydroxyl groups excluding tert-OH is 1. The zero-order valence-corrected chi connectivity index (χ0v) is 10.9. The van der Waals surface area contributed by atoms with Gasteiger partial charge in [-0.25, -0.2) is 0 Å². The van der Waals surface area contributed by atoms with Crippen LogP contribution < -0.4 is 0 Å². The number of rotatable bonds is 3. The number of hydrogen-bond donors (Lipinski definition) is 1. The Morgan fingerprint density at radius 3 is 2.31 bits per heavy atom. The van der Waals surface area contributed by atoms with E-state index in [1.165, 1.54) is 0 Å². The van der Waals surface area contributed by atoms with Crippen LogP contribution in [0.25, 0.3) is 0 Å². The molecule has 1 unspecified atom stereocenters. The van der Waals surface area contributed by atoms with E-state index in [4.69, 9.17) is 0 Å². The van der Waals surface area contributed by atoms with Gasteiger partial charge in [0.1, 0.15) is 0 Å². The van der Waals surface area contributed by atoms with Crippen molar-refractivity contribution in [2.45, 2.75) is 40.2 Å². The average Bonchev–Trinajstić information content (AvgIpc) is 2.44. The van der Waals surface area contributed by atoms with Gasteiger partial charge in [-0.05, 0) is 22.8 Å². The van der Waals surface area contributed by atoms with Crippen LogP contribution in [0.1, 0.15) is 33.4 Å². The monoisotopic (exact) mass is 222 g/mol. The van der Waals surface area contributed by atoms with E-state index in [2.05, 4.69) is 32.8 Å². The first-order valence-electron chi connectivity index (χ1n) is 5.93. The molecule has 1 saturated carbocycles. The highest BCUT2D eigenvalue weighted by Crippen LogP contribution is 2.69. The van der Waals surface area contributed by atoms with Crippen molar-refractivity contribution >= 4 is 0 Å². The third-order valence-corrected chi connectivity index (χ3v) is 4.70. The molecule has 0 radical (unpaired) electrons. The van der Waals surface area contributed by atoms with Gasteiger partial charge in [0.05, 0.1) is 11.8 Å². The van der Waals surface area contributed by atoms with Crippen LogP contribution >= 0.6 is 0 Å². The summed E-state index contributed by atoms with van der Waals surface area (Å²) < 4.78 is 1.78. The highest BCUT2D eigenvalue weighted by molar-refractivity contribution is 5.16. The number of aryl methyl sites for hydroxylation is 1. The van der Waals surface area contributed by atoms with Crippen molar-refractivity contribution in [3.05, 3.63) is 18.0 Å². The van der Waals surface area contributed by atoms with Crippen molar-refractivity contribution < 1.29 is 5.11 Å². The van der Waals surface area contributed by atoms with Gasteiger partial charge in [-0.3, -0.25) is 4.68 Å². The maximum atomic E-state index is 10.3. The number of aromatic nitrogens is 2. The van der Waals surface area contributed by atoms with Crippen LogP contribution in [0, 0.1) is 16.7 Å². The molecule has 1 aliphatic carbocycles. The maximum absolute atomic E-state index is 10.3. The van der Waals surface area contributed by atoms with Crippen LogP contribution in [0.3, 0.4) is 0 Å². The Kier molecular flexibility index (Phi) is 2.42. The minimum absolute atomic E-state index is 0.237. The zero-order chi connectivity index (χ0) is 12.1. The summed E-state index contributed by atoms with van der Waals surface area (Å²) in [6.45, 7) is 8.94. The summed E-state index contributed by atoms with van der Waals surface area (Å²) in [5.74, 6) is 0.377. The quantitative estimate of drug-likeness (QED) is 0.849. The summed E-state index contributed by atoms with van der Waals surface area (Å²) in [5, 5.41) is 14.6. The van der Waals surface area contributed by atoms with Crippen LogP contribution in [0.2, 0.25) is 0 Å². The topological polar surface area (TPSA) is 38.0 Å². The van der Waals surface area contributed by atoms with Crippen molar-refractivity contribution in [2.24, 2.45) is 23.8 Å². The Bertz CT molecular complexity index is 378. The van der Waals surface area contributed by atoms with Gasteiger partial charge in [-0.1, -0.05) is 27.7 Å². The SMILES string of the molecule is Cn1ccc(CC(O)C2C(C)(C)C2(C)C)n1. The Hall–Kier alpha value is -0.830. The van der Waals surface area contributed by atoms with E-state index >= 15 is 0 Å². The molecule has 3 nitrogen and oxygen atoms in total. The van der Waals surface area contributed by atoms with Gasteiger partial charge in [0.25, 0.3) is 0 Å². The molecule has 90 valence electrons. The fourth-order valence-corrected chi connectivity index (χ4v) is 3.11. The molecule has 3 heteroatoms. The number of hydrogen-bond acceptors (Lipinski definition) is 2. The van der Waals surface area contributed by atoms with E-state index in [0.29, 0.717) is 12.3 Å². The van der Waals surface area contributed by atoms with E-state index in [1.807, 2.05) is 19.3 Å².